The van der Waals surface area contributed by atoms with E-state index in [1.165, 1.54) is 19.3 Å². The van der Waals surface area contributed by atoms with Crippen molar-refractivity contribution >= 4 is 0 Å². The van der Waals surface area contributed by atoms with Crippen molar-refractivity contribution in [1.82, 2.24) is 15.1 Å². The van der Waals surface area contributed by atoms with Crippen molar-refractivity contribution in [2.45, 2.75) is 32.7 Å². The standard InChI is InChI=1S/C10H19N3/c1-10-6-9-13(12-10)8-5-3-4-7-11-2/h6,9,11H,3-5,7-8H2,1-2H3. The van der Waals surface area contributed by atoms with Gasteiger partial charge in [-0.05, 0) is 39.4 Å². The van der Waals surface area contributed by atoms with Crippen molar-refractivity contribution in [3.05, 3.63) is 18.0 Å². The summed E-state index contributed by atoms with van der Waals surface area (Å²) in [6, 6.07) is 2.05. The molecule has 1 heterocycles. The monoisotopic (exact) mass is 181 g/mol. The van der Waals surface area contributed by atoms with Gasteiger partial charge in [0.05, 0.1) is 5.69 Å². The Kier molecular flexibility index (Phi) is 4.54. The molecule has 0 unspecified atom stereocenters. The first-order valence-corrected chi connectivity index (χ1v) is 4.97. The van der Waals surface area contributed by atoms with Gasteiger partial charge in [-0.2, -0.15) is 5.10 Å². The Bertz CT molecular complexity index is 230. The Labute approximate surface area is 80.1 Å². The normalized spacial score (nSPS) is 10.6. The third kappa shape index (κ3) is 4.08. The van der Waals surface area contributed by atoms with Crippen LogP contribution in [0.5, 0.6) is 0 Å². The second-order valence-electron chi connectivity index (χ2n) is 3.38. The fourth-order valence-corrected chi connectivity index (χ4v) is 1.34. The molecule has 0 atom stereocenters. The Morgan fingerprint density at radius 2 is 2.23 bits per heavy atom. The van der Waals surface area contributed by atoms with E-state index < -0.39 is 0 Å². The Hall–Kier alpha value is -0.830. The van der Waals surface area contributed by atoms with Crippen LogP contribution in [0, 0.1) is 6.92 Å². The van der Waals surface area contributed by atoms with Gasteiger partial charge in [-0.1, -0.05) is 6.42 Å². The summed E-state index contributed by atoms with van der Waals surface area (Å²) in [5.41, 5.74) is 1.11. The predicted molar refractivity (Wildman–Crippen MR) is 54.7 cm³/mol. The van der Waals surface area contributed by atoms with Crippen LogP contribution in [0.15, 0.2) is 12.3 Å². The minimum Gasteiger partial charge on any atom is -0.320 e. The van der Waals surface area contributed by atoms with Crippen molar-refractivity contribution in [2.24, 2.45) is 0 Å². The maximum absolute atomic E-state index is 4.33. The van der Waals surface area contributed by atoms with E-state index in [9.17, 15) is 0 Å². The largest absolute Gasteiger partial charge is 0.320 e. The van der Waals surface area contributed by atoms with Gasteiger partial charge in [0.15, 0.2) is 0 Å². The molecule has 0 saturated carbocycles. The van der Waals surface area contributed by atoms with Gasteiger partial charge in [0.2, 0.25) is 0 Å². The molecule has 1 aromatic rings. The number of nitrogens with one attached hydrogen (secondary N) is 1. The second kappa shape index (κ2) is 5.75. The molecule has 1 N–H and O–H groups in total. The van der Waals surface area contributed by atoms with E-state index in [1.54, 1.807) is 0 Å². The lowest BCUT2D eigenvalue weighted by molar-refractivity contribution is 0.535. The van der Waals surface area contributed by atoms with Gasteiger partial charge in [-0.25, -0.2) is 0 Å². The first kappa shape index (κ1) is 10.3. The zero-order valence-electron chi connectivity index (χ0n) is 8.58. The van der Waals surface area contributed by atoms with Crippen LogP contribution in [0.4, 0.5) is 0 Å². The van der Waals surface area contributed by atoms with Crippen LogP contribution in [0.3, 0.4) is 0 Å². The first-order valence-electron chi connectivity index (χ1n) is 4.97. The zero-order chi connectivity index (χ0) is 9.52. The molecule has 13 heavy (non-hydrogen) atoms. The summed E-state index contributed by atoms with van der Waals surface area (Å²) in [6.45, 7) is 4.20. The van der Waals surface area contributed by atoms with Crippen molar-refractivity contribution in [2.75, 3.05) is 13.6 Å². The lowest BCUT2D eigenvalue weighted by atomic mass is 10.2. The summed E-state index contributed by atoms with van der Waals surface area (Å²) in [5.74, 6) is 0. The third-order valence-electron chi connectivity index (χ3n) is 2.09. The highest BCUT2D eigenvalue weighted by atomic mass is 15.3. The molecule has 0 spiro atoms. The average molecular weight is 181 g/mol. The first-order chi connectivity index (χ1) is 6.33. The summed E-state index contributed by atoms with van der Waals surface area (Å²) in [4.78, 5) is 0. The van der Waals surface area contributed by atoms with Crippen molar-refractivity contribution < 1.29 is 0 Å². The van der Waals surface area contributed by atoms with Gasteiger partial charge in [-0.15, -0.1) is 0 Å². The second-order valence-corrected chi connectivity index (χ2v) is 3.38. The SMILES string of the molecule is CNCCCCCn1ccc(C)n1. The topological polar surface area (TPSA) is 29.9 Å². The summed E-state index contributed by atoms with van der Waals surface area (Å²) in [7, 11) is 2.00. The molecule has 0 aliphatic carbocycles. The molecule has 0 amide bonds. The van der Waals surface area contributed by atoms with Crippen molar-refractivity contribution in [3.63, 3.8) is 0 Å². The minimum absolute atomic E-state index is 1.05. The molecule has 0 radical (unpaired) electrons. The number of hydrogen-bond acceptors (Lipinski definition) is 2. The van der Waals surface area contributed by atoms with Crippen LogP contribution in [0.2, 0.25) is 0 Å². The maximum atomic E-state index is 4.33. The molecule has 0 aromatic carbocycles. The number of aryl methyl sites for hydroxylation is 2. The van der Waals surface area contributed by atoms with Gasteiger partial charge in [0.1, 0.15) is 0 Å². The molecule has 1 aromatic heterocycles. The number of rotatable bonds is 6. The van der Waals surface area contributed by atoms with E-state index in [0.29, 0.717) is 0 Å². The van der Waals surface area contributed by atoms with Crippen molar-refractivity contribution in [1.29, 1.82) is 0 Å². The summed E-state index contributed by atoms with van der Waals surface area (Å²) >= 11 is 0. The molecule has 0 fully saturated rings. The van der Waals surface area contributed by atoms with Gasteiger partial charge in [0, 0.05) is 12.7 Å². The fraction of sp³-hybridized carbons (Fsp3) is 0.700. The average Bonchev–Trinajstić information content (AvgIpc) is 2.51. The van der Waals surface area contributed by atoms with Gasteiger partial charge >= 0.3 is 0 Å². The molecule has 3 nitrogen and oxygen atoms in total. The molecule has 3 heteroatoms. The van der Waals surface area contributed by atoms with E-state index in [2.05, 4.69) is 10.4 Å². The molecular weight excluding hydrogens is 162 g/mol. The fourth-order valence-electron chi connectivity index (χ4n) is 1.34. The number of aromatic nitrogens is 2. The van der Waals surface area contributed by atoms with E-state index in [0.717, 1.165) is 18.8 Å². The number of hydrogen-bond donors (Lipinski definition) is 1. The van der Waals surface area contributed by atoms with Crippen LogP contribution in [0.25, 0.3) is 0 Å². The summed E-state index contributed by atoms with van der Waals surface area (Å²) in [6.07, 6.45) is 5.81. The number of nitrogens with zero attached hydrogens (tertiary/aromatic N) is 2. The van der Waals surface area contributed by atoms with Crippen molar-refractivity contribution in [3.8, 4) is 0 Å². The molecule has 1 rings (SSSR count). The molecule has 0 aliphatic rings. The smallest absolute Gasteiger partial charge is 0.0593 e. The maximum Gasteiger partial charge on any atom is 0.0593 e. The van der Waals surface area contributed by atoms with Crippen LogP contribution < -0.4 is 5.32 Å². The lowest BCUT2D eigenvalue weighted by Crippen LogP contribution is -2.07. The predicted octanol–water partition coefficient (Wildman–Crippen LogP) is 1.58. The molecule has 0 bridgehead atoms. The van der Waals surface area contributed by atoms with E-state index in [4.69, 9.17) is 0 Å². The number of unbranched alkanes of at least 4 members (excludes halogenated alkanes) is 2. The molecule has 0 aliphatic heterocycles. The van der Waals surface area contributed by atoms with Crippen LogP contribution >= 0.6 is 0 Å². The van der Waals surface area contributed by atoms with Crippen LogP contribution in [-0.4, -0.2) is 23.4 Å². The molecular formula is C10H19N3. The van der Waals surface area contributed by atoms with Gasteiger partial charge in [-0.3, -0.25) is 4.68 Å². The highest BCUT2D eigenvalue weighted by Crippen LogP contribution is 1.99. The Morgan fingerprint density at radius 3 is 2.85 bits per heavy atom. The lowest BCUT2D eigenvalue weighted by Gasteiger charge is -2.01. The highest BCUT2D eigenvalue weighted by Gasteiger charge is 1.93. The van der Waals surface area contributed by atoms with E-state index >= 15 is 0 Å². The third-order valence-corrected chi connectivity index (χ3v) is 2.09. The summed E-state index contributed by atoms with van der Waals surface area (Å²) in [5, 5.41) is 7.48. The highest BCUT2D eigenvalue weighted by molar-refractivity contribution is 4.94. The molecule has 74 valence electrons. The Balaban J connectivity index is 2.06. The Morgan fingerprint density at radius 1 is 1.38 bits per heavy atom. The molecule has 0 saturated heterocycles. The summed E-state index contributed by atoms with van der Waals surface area (Å²) < 4.78 is 2.02. The van der Waals surface area contributed by atoms with Gasteiger partial charge < -0.3 is 5.32 Å². The quantitative estimate of drug-likeness (QED) is 0.675. The minimum atomic E-state index is 1.05. The van der Waals surface area contributed by atoms with Crippen LogP contribution in [-0.2, 0) is 6.54 Å². The van der Waals surface area contributed by atoms with E-state index in [-0.39, 0.29) is 0 Å². The van der Waals surface area contributed by atoms with Gasteiger partial charge in [0.25, 0.3) is 0 Å². The van der Waals surface area contributed by atoms with E-state index in [1.807, 2.05) is 30.9 Å². The van der Waals surface area contributed by atoms with Crippen LogP contribution in [0.1, 0.15) is 25.0 Å². The zero-order valence-corrected chi connectivity index (χ0v) is 8.58.